The molecule has 0 bridgehead atoms. The highest BCUT2D eigenvalue weighted by Crippen LogP contribution is 1.63. The fourth-order valence-corrected chi connectivity index (χ4v) is 0. The van der Waals surface area contributed by atoms with Crippen LogP contribution in [-0.2, 0) is 0 Å². The SMILES string of the molecule is C=C.C=C.C=C.C=C.N.N.N.N.N.NC(N)=C(N)N.NC(N)=C(N)N.NC(N)=C(N)N. The second kappa shape index (κ2) is 83.8. The molecule has 0 aliphatic carbocycles. The molecule has 17 heteroatoms. The molecule has 0 aromatic rings. The highest BCUT2D eigenvalue weighted by atomic mass is 14.9. The molecular formula is C14H55N17. The lowest BCUT2D eigenvalue weighted by atomic mass is 10.7. The molecule has 31 heavy (non-hydrogen) atoms. The molecule has 39 N–H and O–H groups in total. The summed E-state index contributed by atoms with van der Waals surface area (Å²) in [4.78, 5) is 0. The summed E-state index contributed by atoms with van der Waals surface area (Å²) in [6.07, 6.45) is 0. The topological polar surface area (TPSA) is 487 Å². The van der Waals surface area contributed by atoms with Crippen LogP contribution in [-0.4, -0.2) is 0 Å². The van der Waals surface area contributed by atoms with E-state index in [9.17, 15) is 0 Å². The predicted octanol–water partition coefficient (Wildman–Crippen LogP) is -2.14. The molecule has 0 fully saturated rings. The van der Waals surface area contributed by atoms with Gasteiger partial charge in [0.05, 0.1) is 0 Å². The summed E-state index contributed by atoms with van der Waals surface area (Å²) in [6.45, 7) is 24.0. The molecule has 0 amide bonds. The second-order valence-electron chi connectivity index (χ2n) is 2.73. The van der Waals surface area contributed by atoms with Crippen molar-refractivity contribution in [1.82, 2.24) is 30.8 Å². The maximum absolute atomic E-state index is 4.84. The minimum atomic E-state index is -0.0185. The summed E-state index contributed by atoms with van der Waals surface area (Å²) in [5, 5.41) is 0. The lowest BCUT2D eigenvalue weighted by Crippen LogP contribution is -2.22. The third-order valence-corrected chi connectivity index (χ3v) is 1.00. The van der Waals surface area contributed by atoms with E-state index >= 15 is 0 Å². The van der Waals surface area contributed by atoms with Gasteiger partial charge < -0.3 is 99.6 Å². The standard InChI is InChI=1S/3C2H8N4.4C2H4.5H3N/c3*3-1(4)2(5)6;4*1-2;;;;;/h3*3-6H2;4*1-2H2;5*1H3. The van der Waals surface area contributed by atoms with Gasteiger partial charge in [-0.05, 0) is 0 Å². The van der Waals surface area contributed by atoms with Crippen molar-refractivity contribution >= 4 is 0 Å². The lowest BCUT2D eigenvalue weighted by Gasteiger charge is -1.89. The van der Waals surface area contributed by atoms with Crippen molar-refractivity contribution in [3.05, 3.63) is 87.6 Å². The van der Waals surface area contributed by atoms with Gasteiger partial charge in [-0.3, -0.25) is 0 Å². The summed E-state index contributed by atoms with van der Waals surface area (Å²) in [5.41, 5.74) is 58.1. The van der Waals surface area contributed by atoms with Crippen molar-refractivity contribution in [2.75, 3.05) is 0 Å². The molecule has 0 heterocycles. The van der Waals surface area contributed by atoms with E-state index in [1.165, 1.54) is 0 Å². The third-order valence-electron chi connectivity index (χ3n) is 1.00. The quantitative estimate of drug-likeness (QED) is 0.171. The van der Waals surface area contributed by atoms with Gasteiger partial charge in [0.1, 0.15) is 34.9 Å². The highest BCUT2D eigenvalue weighted by molar-refractivity contribution is 4.97. The Kier molecular flexibility index (Phi) is 221. The van der Waals surface area contributed by atoms with Crippen LogP contribution < -0.4 is 99.6 Å². The Hall–Kier alpha value is -4.42. The van der Waals surface area contributed by atoms with E-state index in [0.717, 1.165) is 0 Å². The van der Waals surface area contributed by atoms with Crippen molar-refractivity contribution in [3.8, 4) is 0 Å². The van der Waals surface area contributed by atoms with E-state index in [-0.39, 0.29) is 65.7 Å². The zero-order valence-corrected chi connectivity index (χ0v) is 19.1. The van der Waals surface area contributed by atoms with E-state index in [2.05, 4.69) is 52.6 Å². The van der Waals surface area contributed by atoms with Crippen molar-refractivity contribution in [2.45, 2.75) is 0 Å². The van der Waals surface area contributed by atoms with Crippen LogP contribution in [0.2, 0.25) is 0 Å². The van der Waals surface area contributed by atoms with Crippen molar-refractivity contribution < 1.29 is 0 Å². The van der Waals surface area contributed by atoms with Crippen LogP contribution in [0.1, 0.15) is 0 Å². The molecule has 196 valence electrons. The molecule has 0 spiro atoms. The Morgan fingerprint density at radius 1 is 0.226 bits per heavy atom. The van der Waals surface area contributed by atoms with Crippen LogP contribution >= 0.6 is 0 Å². The van der Waals surface area contributed by atoms with E-state index in [1.54, 1.807) is 0 Å². The predicted molar refractivity (Wildman–Crippen MR) is 141 cm³/mol. The summed E-state index contributed by atoms with van der Waals surface area (Å²) < 4.78 is 0. The molecule has 0 rings (SSSR count). The fourth-order valence-electron chi connectivity index (χ4n) is 0. The zero-order valence-electron chi connectivity index (χ0n) is 19.1. The summed E-state index contributed by atoms with van der Waals surface area (Å²) >= 11 is 0. The number of hydrogen-bond donors (Lipinski definition) is 17. The molecule has 0 aromatic heterocycles. The van der Waals surface area contributed by atoms with Crippen LogP contribution in [0.5, 0.6) is 0 Å². The first-order valence-electron chi connectivity index (χ1n) is 6.21. The van der Waals surface area contributed by atoms with Crippen molar-refractivity contribution in [3.63, 3.8) is 0 Å². The minimum Gasteiger partial charge on any atom is -0.383 e. The Morgan fingerprint density at radius 3 is 0.258 bits per heavy atom. The van der Waals surface area contributed by atoms with Crippen molar-refractivity contribution in [1.29, 1.82) is 0 Å². The van der Waals surface area contributed by atoms with Gasteiger partial charge in [0, 0.05) is 0 Å². The first kappa shape index (κ1) is 81.8. The lowest BCUT2D eigenvalue weighted by molar-refractivity contribution is 1.09. The highest BCUT2D eigenvalue weighted by Gasteiger charge is 1.78. The van der Waals surface area contributed by atoms with Gasteiger partial charge in [-0.1, -0.05) is 0 Å². The molecule has 17 nitrogen and oxygen atoms in total. The number of rotatable bonds is 0. The summed E-state index contributed by atoms with van der Waals surface area (Å²) in [6, 6.07) is 0. The molecule has 0 radical (unpaired) electrons. The largest absolute Gasteiger partial charge is 0.383 e. The van der Waals surface area contributed by atoms with Crippen LogP contribution in [0.25, 0.3) is 0 Å². The molecule has 0 unspecified atom stereocenters. The Bertz CT molecular complexity index is 278. The van der Waals surface area contributed by atoms with E-state index in [0.29, 0.717) is 0 Å². The Morgan fingerprint density at radius 2 is 0.258 bits per heavy atom. The molecule has 0 aliphatic rings. The van der Waals surface area contributed by atoms with Gasteiger partial charge in [-0.2, -0.15) is 0 Å². The molecule has 0 aliphatic heterocycles. The summed E-state index contributed by atoms with van der Waals surface area (Å²) in [5.74, 6) is -0.111. The average molecular weight is 462 g/mol. The number of hydrogen-bond acceptors (Lipinski definition) is 17. The van der Waals surface area contributed by atoms with Crippen LogP contribution in [0.15, 0.2) is 87.6 Å². The van der Waals surface area contributed by atoms with Gasteiger partial charge in [0.15, 0.2) is 0 Å². The van der Waals surface area contributed by atoms with Gasteiger partial charge in [0.2, 0.25) is 0 Å². The van der Waals surface area contributed by atoms with Crippen LogP contribution in [0.3, 0.4) is 0 Å². The molecule has 0 aromatic carbocycles. The van der Waals surface area contributed by atoms with Crippen molar-refractivity contribution in [2.24, 2.45) is 68.8 Å². The third kappa shape index (κ3) is 248. The second-order valence-corrected chi connectivity index (χ2v) is 2.73. The molecule has 0 atom stereocenters. The Labute approximate surface area is 187 Å². The molecule has 0 saturated carbocycles. The Balaban J connectivity index is -0.0000000140. The monoisotopic (exact) mass is 461 g/mol. The normalized spacial score (nSPS) is 4.77. The van der Waals surface area contributed by atoms with Gasteiger partial charge >= 0.3 is 0 Å². The van der Waals surface area contributed by atoms with E-state index in [4.69, 9.17) is 68.8 Å². The molecular weight excluding hydrogens is 406 g/mol. The van der Waals surface area contributed by atoms with Crippen LogP contribution in [0, 0.1) is 0 Å². The minimum absolute atomic E-state index is 0. The first-order chi connectivity index (χ1) is 11.9. The fraction of sp³-hybridized carbons (Fsp3) is 0. The van der Waals surface area contributed by atoms with Gasteiger partial charge in [0.25, 0.3) is 0 Å². The zero-order chi connectivity index (χ0) is 23.5. The van der Waals surface area contributed by atoms with Gasteiger partial charge in [-0.15, -0.1) is 52.6 Å². The molecule has 0 saturated heterocycles. The maximum Gasteiger partial charge on any atom is 0.134 e. The number of nitrogens with two attached hydrogens (primary N) is 12. The van der Waals surface area contributed by atoms with E-state index < -0.39 is 0 Å². The summed E-state index contributed by atoms with van der Waals surface area (Å²) in [7, 11) is 0. The van der Waals surface area contributed by atoms with Gasteiger partial charge in [-0.25, -0.2) is 0 Å². The average Bonchev–Trinajstić information content (AvgIpc) is 2.62. The van der Waals surface area contributed by atoms with E-state index in [1.807, 2.05) is 0 Å². The maximum atomic E-state index is 4.84. The smallest absolute Gasteiger partial charge is 0.134 e. The first-order valence-corrected chi connectivity index (χ1v) is 6.21. The van der Waals surface area contributed by atoms with Crippen LogP contribution in [0.4, 0.5) is 0 Å².